The van der Waals surface area contributed by atoms with Gasteiger partial charge in [-0.3, -0.25) is 10.00 Å². The van der Waals surface area contributed by atoms with Gasteiger partial charge in [0.25, 0.3) is 0 Å². The standard InChI is InChI=1S/C17H25N5OS/c1-11(2)7-15-16(24-12(3)19-15)20-17(23)22-6-5-13(10-22)14-8-18-21(4)9-14/h8-9,11,13H,5-7,10H2,1-4H3,(H,20,23)/t13-/m1/s1. The number of amides is 2. The average molecular weight is 347 g/mol. The number of hydrogen-bond acceptors (Lipinski definition) is 4. The van der Waals surface area contributed by atoms with E-state index in [1.165, 1.54) is 5.56 Å². The van der Waals surface area contributed by atoms with Gasteiger partial charge in [-0.15, -0.1) is 11.3 Å². The first-order valence-electron chi connectivity index (χ1n) is 8.43. The summed E-state index contributed by atoms with van der Waals surface area (Å²) in [6, 6.07) is -0.0185. The topological polar surface area (TPSA) is 63.1 Å². The van der Waals surface area contributed by atoms with Crippen LogP contribution >= 0.6 is 11.3 Å². The zero-order valence-corrected chi connectivity index (χ0v) is 15.6. The van der Waals surface area contributed by atoms with Gasteiger partial charge in [0, 0.05) is 32.3 Å². The van der Waals surface area contributed by atoms with Gasteiger partial charge in [0.15, 0.2) is 0 Å². The van der Waals surface area contributed by atoms with Crippen LogP contribution in [0, 0.1) is 12.8 Å². The minimum Gasteiger partial charge on any atom is -0.324 e. The van der Waals surface area contributed by atoms with Crippen LogP contribution in [0.4, 0.5) is 9.80 Å². The van der Waals surface area contributed by atoms with Crippen LogP contribution in [0.2, 0.25) is 0 Å². The molecule has 1 atom stereocenters. The number of rotatable bonds is 4. The lowest BCUT2D eigenvalue weighted by Gasteiger charge is -2.17. The molecule has 0 aromatic carbocycles. The Kier molecular flexibility index (Phi) is 4.89. The molecule has 24 heavy (non-hydrogen) atoms. The van der Waals surface area contributed by atoms with Gasteiger partial charge in [0.2, 0.25) is 0 Å². The highest BCUT2D eigenvalue weighted by atomic mass is 32.1. The first-order chi connectivity index (χ1) is 11.4. The number of carbonyl (C=O) groups excluding carboxylic acids is 1. The predicted molar refractivity (Wildman–Crippen MR) is 96.6 cm³/mol. The van der Waals surface area contributed by atoms with E-state index >= 15 is 0 Å². The number of urea groups is 1. The predicted octanol–water partition coefficient (Wildman–Crippen LogP) is 3.40. The maximum atomic E-state index is 12.6. The summed E-state index contributed by atoms with van der Waals surface area (Å²) in [7, 11) is 1.92. The Morgan fingerprint density at radius 2 is 2.29 bits per heavy atom. The van der Waals surface area contributed by atoms with E-state index in [9.17, 15) is 4.79 Å². The Morgan fingerprint density at radius 3 is 2.96 bits per heavy atom. The van der Waals surface area contributed by atoms with Crippen molar-refractivity contribution in [2.75, 3.05) is 18.4 Å². The molecule has 1 aliphatic rings. The van der Waals surface area contributed by atoms with Crippen molar-refractivity contribution in [1.82, 2.24) is 19.7 Å². The summed E-state index contributed by atoms with van der Waals surface area (Å²) >= 11 is 1.56. The summed E-state index contributed by atoms with van der Waals surface area (Å²) in [5, 5.41) is 9.20. The molecule has 0 unspecified atom stereocenters. The number of carbonyl (C=O) groups is 1. The number of thiazole rings is 1. The Labute approximate surface area is 146 Å². The van der Waals surface area contributed by atoms with Gasteiger partial charge in [-0.2, -0.15) is 5.10 Å². The van der Waals surface area contributed by atoms with Crippen LogP contribution in [0.1, 0.15) is 42.5 Å². The van der Waals surface area contributed by atoms with Crippen molar-refractivity contribution in [3.63, 3.8) is 0 Å². The molecule has 7 heteroatoms. The molecule has 1 N–H and O–H groups in total. The Balaban J connectivity index is 1.64. The number of nitrogens with zero attached hydrogens (tertiary/aromatic N) is 4. The van der Waals surface area contributed by atoms with E-state index in [1.54, 1.807) is 11.3 Å². The molecule has 3 rings (SSSR count). The van der Waals surface area contributed by atoms with Crippen LogP contribution in [-0.4, -0.2) is 38.8 Å². The lowest BCUT2D eigenvalue weighted by Crippen LogP contribution is -2.32. The Hall–Kier alpha value is -1.89. The Bertz CT molecular complexity index is 720. The number of aryl methyl sites for hydroxylation is 2. The SMILES string of the molecule is Cc1nc(CC(C)C)c(NC(=O)N2CC[C@@H](c3cnn(C)c3)C2)s1. The average Bonchev–Trinajstić information content (AvgIpc) is 3.19. The molecule has 2 aromatic rings. The van der Waals surface area contributed by atoms with E-state index in [1.807, 2.05) is 35.9 Å². The normalized spacial score (nSPS) is 17.7. The molecule has 1 saturated heterocycles. The van der Waals surface area contributed by atoms with Gasteiger partial charge in [0.1, 0.15) is 5.00 Å². The van der Waals surface area contributed by atoms with E-state index in [-0.39, 0.29) is 6.03 Å². The van der Waals surface area contributed by atoms with Gasteiger partial charge in [-0.05, 0) is 31.2 Å². The van der Waals surface area contributed by atoms with Crippen LogP contribution in [0.25, 0.3) is 0 Å². The molecule has 6 nitrogen and oxygen atoms in total. The molecule has 2 aromatic heterocycles. The first-order valence-corrected chi connectivity index (χ1v) is 9.24. The van der Waals surface area contributed by atoms with E-state index in [0.717, 1.165) is 41.6 Å². The van der Waals surface area contributed by atoms with E-state index < -0.39 is 0 Å². The van der Waals surface area contributed by atoms with Crippen LogP contribution in [-0.2, 0) is 13.5 Å². The molecule has 130 valence electrons. The summed E-state index contributed by atoms with van der Waals surface area (Å²) in [4.78, 5) is 19.1. The zero-order valence-electron chi connectivity index (χ0n) is 14.7. The van der Waals surface area contributed by atoms with Crippen LogP contribution < -0.4 is 5.32 Å². The van der Waals surface area contributed by atoms with Gasteiger partial charge >= 0.3 is 6.03 Å². The molecule has 0 spiro atoms. The second kappa shape index (κ2) is 6.93. The molecule has 0 radical (unpaired) electrons. The number of anilines is 1. The van der Waals surface area contributed by atoms with Crippen molar-refractivity contribution in [2.45, 2.75) is 39.5 Å². The Morgan fingerprint density at radius 1 is 1.50 bits per heavy atom. The number of nitrogens with one attached hydrogen (secondary N) is 1. The fourth-order valence-electron chi connectivity index (χ4n) is 3.14. The molecular formula is C17H25N5OS. The van der Waals surface area contributed by atoms with Gasteiger partial charge in [-0.1, -0.05) is 13.8 Å². The highest BCUT2D eigenvalue weighted by molar-refractivity contribution is 7.16. The first kappa shape index (κ1) is 17.0. The molecule has 3 heterocycles. The van der Waals surface area contributed by atoms with E-state index in [4.69, 9.17) is 0 Å². The summed E-state index contributed by atoms with van der Waals surface area (Å²) < 4.78 is 1.82. The lowest BCUT2D eigenvalue weighted by atomic mass is 10.0. The van der Waals surface area contributed by atoms with Gasteiger partial charge in [-0.25, -0.2) is 9.78 Å². The summed E-state index contributed by atoms with van der Waals surface area (Å²) in [6.07, 6.45) is 5.82. The van der Waals surface area contributed by atoms with Gasteiger partial charge < -0.3 is 4.90 Å². The minimum absolute atomic E-state index is 0.0185. The van der Waals surface area contributed by atoms with Crippen LogP contribution in [0.5, 0.6) is 0 Å². The quantitative estimate of drug-likeness (QED) is 0.922. The number of likely N-dealkylation sites (tertiary alicyclic amines) is 1. The van der Waals surface area contributed by atoms with Crippen LogP contribution in [0.3, 0.4) is 0 Å². The third-order valence-corrected chi connectivity index (χ3v) is 5.23. The van der Waals surface area contributed by atoms with E-state index in [0.29, 0.717) is 11.8 Å². The highest BCUT2D eigenvalue weighted by Gasteiger charge is 2.28. The third kappa shape index (κ3) is 3.77. The van der Waals surface area contributed by atoms with E-state index in [2.05, 4.69) is 29.2 Å². The fourth-order valence-corrected chi connectivity index (χ4v) is 3.97. The van der Waals surface area contributed by atoms with Crippen molar-refractivity contribution in [3.05, 3.63) is 28.7 Å². The van der Waals surface area contributed by atoms with Crippen molar-refractivity contribution < 1.29 is 4.79 Å². The summed E-state index contributed by atoms with van der Waals surface area (Å²) in [5.74, 6) is 0.895. The largest absolute Gasteiger partial charge is 0.324 e. The second-order valence-electron chi connectivity index (χ2n) is 6.92. The van der Waals surface area contributed by atoms with Crippen molar-refractivity contribution in [3.8, 4) is 0 Å². The maximum absolute atomic E-state index is 12.6. The molecule has 0 aliphatic carbocycles. The molecular weight excluding hydrogens is 322 g/mol. The molecule has 1 aliphatic heterocycles. The zero-order chi connectivity index (χ0) is 17.3. The monoisotopic (exact) mass is 347 g/mol. The number of aromatic nitrogens is 3. The summed E-state index contributed by atoms with van der Waals surface area (Å²) in [5.41, 5.74) is 2.21. The molecule has 1 fully saturated rings. The number of hydrogen-bond donors (Lipinski definition) is 1. The lowest BCUT2D eigenvalue weighted by molar-refractivity contribution is 0.222. The molecule has 0 bridgehead atoms. The second-order valence-corrected chi connectivity index (χ2v) is 8.12. The van der Waals surface area contributed by atoms with Crippen molar-refractivity contribution in [2.24, 2.45) is 13.0 Å². The molecule has 2 amide bonds. The highest BCUT2D eigenvalue weighted by Crippen LogP contribution is 2.29. The smallest absolute Gasteiger partial charge is 0.322 e. The third-order valence-electron chi connectivity index (χ3n) is 4.30. The van der Waals surface area contributed by atoms with Crippen molar-refractivity contribution >= 4 is 22.4 Å². The minimum atomic E-state index is -0.0185. The van der Waals surface area contributed by atoms with Gasteiger partial charge in [0.05, 0.1) is 16.9 Å². The summed E-state index contributed by atoms with van der Waals surface area (Å²) in [6.45, 7) is 7.84. The molecule has 0 saturated carbocycles. The van der Waals surface area contributed by atoms with Crippen LogP contribution in [0.15, 0.2) is 12.4 Å². The maximum Gasteiger partial charge on any atom is 0.322 e. The van der Waals surface area contributed by atoms with Crippen molar-refractivity contribution in [1.29, 1.82) is 0 Å². The fraction of sp³-hybridized carbons (Fsp3) is 0.588.